The minimum absolute atomic E-state index is 0.0663. The smallest absolute Gasteiger partial charge is 0.342 e. The highest BCUT2D eigenvalue weighted by molar-refractivity contribution is 5.97. The van der Waals surface area contributed by atoms with Crippen LogP contribution in [-0.2, 0) is 9.53 Å². The van der Waals surface area contributed by atoms with Crippen molar-refractivity contribution in [2.45, 2.75) is 6.92 Å². The molecule has 3 aromatic rings. The normalized spacial score (nSPS) is 10.2. The summed E-state index contributed by atoms with van der Waals surface area (Å²) in [6.07, 6.45) is 6.69. The van der Waals surface area contributed by atoms with E-state index in [4.69, 9.17) is 15.9 Å². The third-order valence-electron chi connectivity index (χ3n) is 4.30. The quantitative estimate of drug-likeness (QED) is 0.485. The first-order valence-electron chi connectivity index (χ1n) is 9.20. The molecule has 3 rings (SSSR count). The zero-order valence-corrected chi connectivity index (χ0v) is 16.7. The second-order valence-corrected chi connectivity index (χ2v) is 6.46. The molecule has 1 aromatic heterocycles. The van der Waals surface area contributed by atoms with E-state index in [1.54, 1.807) is 36.2 Å². The summed E-state index contributed by atoms with van der Waals surface area (Å²) in [7, 11) is 1.56. The number of ether oxygens (including phenoxy) is 2. The lowest BCUT2D eigenvalue weighted by Crippen LogP contribution is -2.29. The summed E-state index contributed by atoms with van der Waals surface area (Å²) in [5, 5.41) is 7.03. The zero-order valence-electron chi connectivity index (χ0n) is 16.7. The van der Waals surface area contributed by atoms with Crippen molar-refractivity contribution in [2.24, 2.45) is 0 Å². The van der Waals surface area contributed by atoms with Gasteiger partial charge < -0.3 is 14.8 Å². The minimum atomic E-state index is -0.665. The molecule has 0 aliphatic rings. The van der Waals surface area contributed by atoms with Crippen molar-refractivity contribution >= 4 is 11.9 Å². The van der Waals surface area contributed by atoms with Crippen LogP contribution in [0.4, 0.5) is 0 Å². The van der Waals surface area contributed by atoms with Crippen LogP contribution >= 0.6 is 0 Å². The number of nitrogens with one attached hydrogen (secondary N) is 1. The van der Waals surface area contributed by atoms with Gasteiger partial charge in [-0.25, -0.2) is 9.48 Å². The summed E-state index contributed by atoms with van der Waals surface area (Å²) in [4.78, 5) is 24.5. The average Bonchev–Trinajstić information content (AvgIpc) is 3.22. The maximum atomic E-state index is 12.7. The van der Waals surface area contributed by atoms with Crippen molar-refractivity contribution in [3.8, 4) is 35.0 Å². The lowest BCUT2D eigenvalue weighted by atomic mass is 10.1. The van der Waals surface area contributed by atoms with Crippen molar-refractivity contribution < 1.29 is 19.1 Å². The number of aromatic nitrogens is 2. The summed E-state index contributed by atoms with van der Waals surface area (Å²) in [6.45, 7) is 1.62. The van der Waals surface area contributed by atoms with E-state index in [-0.39, 0.29) is 12.1 Å². The van der Waals surface area contributed by atoms with Gasteiger partial charge in [0.15, 0.2) is 6.61 Å². The molecule has 0 aliphatic heterocycles. The van der Waals surface area contributed by atoms with Gasteiger partial charge in [-0.2, -0.15) is 5.10 Å². The summed E-state index contributed by atoms with van der Waals surface area (Å²) >= 11 is 0. The molecule has 0 radical (unpaired) electrons. The van der Waals surface area contributed by atoms with Crippen molar-refractivity contribution in [3.63, 3.8) is 0 Å². The number of carbonyl (C=O) groups excluding carboxylic acids is 2. The largest absolute Gasteiger partial charge is 0.497 e. The number of amides is 1. The zero-order chi connectivity index (χ0) is 21.5. The summed E-state index contributed by atoms with van der Waals surface area (Å²) in [5.41, 5.74) is 3.23. The number of methoxy groups -OCH3 is 1. The third-order valence-corrected chi connectivity index (χ3v) is 4.30. The Balaban J connectivity index is 1.95. The number of terminal acetylenes is 1. The monoisotopic (exact) mass is 403 g/mol. The molecular weight excluding hydrogens is 382 g/mol. The van der Waals surface area contributed by atoms with E-state index in [9.17, 15) is 9.59 Å². The van der Waals surface area contributed by atoms with Crippen LogP contribution in [0.1, 0.15) is 15.9 Å². The molecule has 0 fully saturated rings. The fraction of sp³-hybridized carbons (Fsp3) is 0.174. The van der Waals surface area contributed by atoms with Gasteiger partial charge in [-0.1, -0.05) is 35.7 Å². The van der Waals surface area contributed by atoms with Gasteiger partial charge >= 0.3 is 5.97 Å². The molecule has 0 aliphatic carbocycles. The van der Waals surface area contributed by atoms with Crippen LogP contribution in [0.2, 0.25) is 0 Å². The predicted molar refractivity (Wildman–Crippen MR) is 112 cm³/mol. The first kappa shape index (κ1) is 20.7. The number of benzene rings is 2. The van der Waals surface area contributed by atoms with E-state index < -0.39 is 18.5 Å². The number of nitrogens with zero attached hydrogens (tertiary/aromatic N) is 2. The van der Waals surface area contributed by atoms with E-state index in [2.05, 4.69) is 16.3 Å². The van der Waals surface area contributed by atoms with E-state index in [0.29, 0.717) is 17.0 Å². The van der Waals surface area contributed by atoms with Crippen LogP contribution in [0.5, 0.6) is 5.75 Å². The molecule has 0 atom stereocenters. The first-order chi connectivity index (χ1) is 14.5. The molecule has 1 amide bonds. The molecule has 0 unspecified atom stereocenters. The summed E-state index contributed by atoms with van der Waals surface area (Å²) in [6, 6.07) is 14.9. The minimum Gasteiger partial charge on any atom is -0.497 e. The van der Waals surface area contributed by atoms with E-state index >= 15 is 0 Å². The van der Waals surface area contributed by atoms with E-state index in [1.807, 2.05) is 37.3 Å². The van der Waals surface area contributed by atoms with Gasteiger partial charge in [0.05, 0.1) is 19.3 Å². The van der Waals surface area contributed by atoms with E-state index in [1.165, 1.54) is 0 Å². The molecule has 7 heteroatoms. The number of hydrogen-bond donors (Lipinski definition) is 1. The van der Waals surface area contributed by atoms with Crippen molar-refractivity contribution in [2.75, 3.05) is 20.3 Å². The van der Waals surface area contributed by atoms with E-state index in [0.717, 1.165) is 11.3 Å². The number of esters is 1. The SMILES string of the molecule is C#CCNC(=O)COC(=O)c1cn(-c2ccc(C)cc2)nc1-c1cccc(OC)c1. The Hall–Kier alpha value is -4.05. The van der Waals surface area contributed by atoms with Gasteiger partial charge in [0.2, 0.25) is 0 Å². The van der Waals surface area contributed by atoms with Crippen LogP contribution < -0.4 is 10.1 Å². The topological polar surface area (TPSA) is 82.5 Å². The van der Waals surface area contributed by atoms with Gasteiger partial charge in [-0.05, 0) is 31.2 Å². The van der Waals surface area contributed by atoms with Crippen LogP contribution in [-0.4, -0.2) is 41.9 Å². The predicted octanol–water partition coefficient (Wildman–Crippen LogP) is 2.76. The van der Waals surface area contributed by atoms with Crippen LogP contribution in [0, 0.1) is 19.3 Å². The number of carbonyl (C=O) groups is 2. The molecule has 30 heavy (non-hydrogen) atoms. The average molecular weight is 403 g/mol. The second kappa shape index (κ2) is 9.43. The number of rotatable bonds is 7. The summed E-state index contributed by atoms with van der Waals surface area (Å²) < 4.78 is 12.0. The molecule has 0 bridgehead atoms. The Morgan fingerprint density at radius 1 is 1.20 bits per heavy atom. The third kappa shape index (κ3) is 4.86. The number of hydrogen-bond acceptors (Lipinski definition) is 5. The molecule has 2 aromatic carbocycles. The Morgan fingerprint density at radius 3 is 2.67 bits per heavy atom. The van der Waals surface area contributed by atoms with Gasteiger partial charge in [0.25, 0.3) is 5.91 Å². The lowest BCUT2D eigenvalue weighted by Gasteiger charge is -2.06. The molecule has 1 N–H and O–H groups in total. The fourth-order valence-corrected chi connectivity index (χ4v) is 2.75. The maximum Gasteiger partial charge on any atom is 0.342 e. The molecule has 0 spiro atoms. The Labute approximate surface area is 174 Å². The van der Waals surface area contributed by atoms with Gasteiger partial charge in [0.1, 0.15) is 17.0 Å². The fourth-order valence-electron chi connectivity index (χ4n) is 2.75. The molecule has 0 saturated carbocycles. The lowest BCUT2D eigenvalue weighted by molar-refractivity contribution is -0.123. The Kier molecular flexibility index (Phi) is 6.50. The summed E-state index contributed by atoms with van der Waals surface area (Å²) in [5.74, 6) is 1.78. The van der Waals surface area contributed by atoms with Crippen LogP contribution in [0.3, 0.4) is 0 Å². The standard InChI is InChI=1S/C23H21N3O4/c1-4-12-24-21(27)15-30-23(28)20-14-26(18-10-8-16(2)9-11-18)25-22(20)17-6-5-7-19(13-17)29-3/h1,5-11,13-14H,12,15H2,2-3H3,(H,24,27). The molecule has 0 saturated heterocycles. The van der Waals surface area contributed by atoms with Gasteiger partial charge in [-0.3, -0.25) is 4.79 Å². The highest BCUT2D eigenvalue weighted by Gasteiger charge is 2.21. The Bertz CT molecular complexity index is 1090. The van der Waals surface area contributed by atoms with Crippen molar-refractivity contribution in [3.05, 3.63) is 65.9 Å². The molecule has 1 heterocycles. The second-order valence-electron chi connectivity index (χ2n) is 6.46. The molecule has 152 valence electrons. The Morgan fingerprint density at radius 2 is 1.97 bits per heavy atom. The van der Waals surface area contributed by atoms with Crippen molar-refractivity contribution in [1.82, 2.24) is 15.1 Å². The van der Waals surface area contributed by atoms with Crippen molar-refractivity contribution in [1.29, 1.82) is 0 Å². The van der Waals surface area contributed by atoms with Gasteiger partial charge in [0, 0.05) is 11.8 Å². The van der Waals surface area contributed by atoms with Crippen LogP contribution in [0.15, 0.2) is 54.7 Å². The molecule has 7 nitrogen and oxygen atoms in total. The van der Waals surface area contributed by atoms with Crippen LogP contribution in [0.25, 0.3) is 16.9 Å². The highest BCUT2D eigenvalue weighted by Crippen LogP contribution is 2.27. The highest BCUT2D eigenvalue weighted by atomic mass is 16.5. The molecular formula is C23H21N3O4. The number of aryl methyl sites for hydroxylation is 1. The maximum absolute atomic E-state index is 12.7. The van der Waals surface area contributed by atoms with Gasteiger partial charge in [-0.15, -0.1) is 6.42 Å². The first-order valence-corrected chi connectivity index (χ1v) is 9.20.